The molecule has 1 aromatic heterocycles. The van der Waals surface area contributed by atoms with Crippen molar-refractivity contribution in [3.63, 3.8) is 0 Å². The predicted octanol–water partition coefficient (Wildman–Crippen LogP) is 3.48. The van der Waals surface area contributed by atoms with Crippen molar-refractivity contribution in [3.8, 4) is 5.75 Å². The van der Waals surface area contributed by atoms with E-state index in [2.05, 4.69) is 0 Å². The summed E-state index contributed by atoms with van der Waals surface area (Å²) in [6.45, 7) is 5.23. The highest BCUT2D eigenvalue weighted by atomic mass is 16.3. The summed E-state index contributed by atoms with van der Waals surface area (Å²) in [5.41, 5.74) is 1.03. The Morgan fingerprint density at radius 3 is 2.52 bits per heavy atom. The minimum Gasteiger partial charge on any atom is -0.506 e. The van der Waals surface area contributed by atoms with Crippen molar-refractivity contribution in [3.05, 3.63) is 58.7 Å². The number of ketones is 1. The predicted molar refractivity (Wildman–Crippen MR) is 91.5 cm³/mol. The zero-order chi connectivity index (χ0) is 18.3. The lowest BCUT2D eigenvalue weighted by molar-refractivity contribution is -0.118. The Morgan fingerprint density at radius 1 is 1.20 bits per heavy atom. The maximum Gasteiger partial charge on any atom is 0.294 e. The molecule has 6 nitrogen and oxygen atoms in total. The average Bonchev–Trinajstić information content (AvgIpc) is 3.11. The van der Waals surface area contributed by atoms with Gasteiger partial charge < -0.3 is 14.6 Å². The molecule has 1 aromatic carbocycles. The molecule has 1 atom stereocenters. The van der Waals surface area contributed by atoms with Crippen LogP contribution in [0.25, 0.3) is 0 Å². The van der Waals surface area contributed by atoms with E-state index in [0.29, 0.717) is 11.5 Å². The van der Waals surface area contributed by atoms with E-state index in [0.717, 1.165) is 5.56 Å². The van der Waals surface area contributed by atoms with Gasteiger partial charge in [0.15, 0.2) is 11.5 Å². The van der Waals surface area contributed by atoms with Gasteiger partial charge in [0.1, 0.15) is 23.3 Å². The number of Topliss-reactive ketones (excluding diaryl/α,β-unsaturated/α-hetero) is 1. The molecule has 1 unspecified atom stereocenters. The van der Waals surface area contributed by atoms with Crippen LogP contribution < -0.4 is 4.90 Å². The van der Waals surface area contributed by atoms with Crippen molar-refractivity contribution in [2.24, 2.45) is 0 Å². The van der Waals surface area contributed by atoms with Gasteiger partial charge in [-0.1, -0.05) is 13.0 Å². The first kappa shape index (κ1) is 16.8. The van der Waals surface area contributed by atoms with E-state index in [4.69, 9.17) is 4.42 Å². The van der Waals surface area contributed by atoms with Gasteiger partial charge in [0, 0.05) is 6.42 Å². The van der Waals surface area contributed by atoms with Crippen LogP contribution in [0.2, 0.25) is 0 Å². The van der Waals surface area contributed by atoms with Crippen molar-refractivity contribution >= 4 is 17.4 Å². The SMILES string of the molecule is CCC(=O)C1=C(O)C(=O)N(c2cc(C)ccc2O)C1c1ccc(C)o1. The first-order valence-corrected chi connectivity index (χ1v) is 8.01. The number of anilines is 1. The molecule has 1 aliphatic heterocycles. The fourth-order valence-electron chi connectivity index (χ4n) is 3.02. The van der Waals surface area contributed by atoms with Crippen LogP contribution in [0.15, 0.2) is 46.1 Å². The van der Waals surface area contributed by atoms with E-state index in [9.17, 15) is 19.8 Å². The van der Waals surface area contributed by atoms with Crippen LogP contribution >= 0.6 is 0 Å². The van der Waals surface area contributed by atoms with E-state index in [1.165, 1.54) is 11.0 Å². The van der Waals surface area contributed by atoms with Crippen LogP contribution in [-0.2, 0) is 9.59 Å². The number of aromatic hydroxyl groups is 1. The Balaban J connectivity index is 2.22. The lowest BCUT2D eigenvalue weighted by Gasteiger charge is -2.25. The van der Waals surface area contributed by atoms with E-state index >= 15 is 0 Å². The van der Waals surface area contributed by atoms with Gasteiger partial charge in [-0.15, -0.1) is 0 Å². The Morgan fingerprint density at radius 2 is 1.92 bits per heavy atom. The Hall–Kier alpha value is -3.02. The van der Waals surface area contributed by atoms with Gasteiger partial charge in [-0.05, 0) is 43.7 Å². The molecule has 2 heterocycles. The number of phenolic OH excluding ortho intramolecular Hbond substituents is 1. The zero-order valence-electron chi connectivity index (χ0n) is 14.2. The van der Waals surface area contributed by atoms with Crippen LogP contribution in [-0.4, -0.2) is 21.9 Å². The number of hydrogen-bond acceptors (Lipinski definition) is 5. The number of rotatable bonds is 4. The summed E-state index contributed by atoms with van der Waals surface area (Å²) in [7, 11) is 0. The lowest BCUT2D eigenvalue weighted by Crippen LogP contribution is -2.31. The molecule has 2 N–H and O–H groups in total. The second-order valence-corrected chi connectivity index (χ2v) is 6.06. The molecule has 1 aliphatic rings. The summed E-state index contributed by atoms with van der Waals surface area (Å²) in [5.74, 6) is -0.841. The third kappa shape index (κ3) is 2.69. The normalized spacial score (nSPS) is 17.5. The van der Waals surface area contributed by atoms with Gasteiger partial charge in [-0.25, -0.2) is 0 Å². The quantitative estimate of drug-likeness (QED) is 0.888. The van der Waals surface area contributed by atoms with Gasteiger partial charge in [-0.2, -0.15) is 0 Å². The number of hydrogen-bond donors (Lipinski definition) is 2. The Kier molecular flexibility index (Phi) is 4.12. The summed E-state index contributed by atoms with van der Waals surface area (Å²) in [4.78, 5) is 26.3. The fourth-order valence-corrected chi connectivity index (χ4v) is 3.02. The number of furan rings is 1. The molecule has 0 bridgehead atoms. The first-order chi connectivity index (χ1) is 11.8. The van der Waals surface area contributed by atoms with Crippen LogP contribution in [0.5, 0.6) is 5.75 Å². The fraction of sp³-hybridized carbons (Fsp3) is 0.263. The zero-order valence-corrected chi connectivity index (χ0v) is 14.2. The van der Waals surface area contributed by atoms with Gasteiger partial charge >= 0.3 is 0 Å². The lowest BCUT2D eigenvalue weighted by atomic mass is 9.99. The van der Waals surface area contributed by atoms with Crippen LogP contribution in [0.1, 0.15) is 36.5 Å². The summed E-state index contributed by atoms with van der Waals surface area (Å²) in [6.07, 6.45) is 0.135. The maximum atomic E-state index is 12.7. The standard InChI is InChI=1S/C19H19NO5/c1-4-13(21)16-17(15-8-6-11(3)25-15)20(19(24)18(16)23)12-9-10(2)5-7-14(12)22/h5-9,17,22-23H,4H2,1-3H3. The molecule has 0 aliphatic carbocycles. The molecule has 0 saturated heterocycles. The molecule has 2 aromatic rings. The summed E-state index contributed by atoms with van der Waals surface area (Å²) >= 11 is 0. The molecule has 0 saturated carbocycles. The molecule has 0 fully saturated rings. The van der Waals surface area contributed by atoms with Crippen molar-refractivity contribution in [1.29, 1.82) is 0 Å². The average molecular weight is 341 g/mol. The van der Waals surface area contributed by atoms with Crippen LogP contribution in [0.4, 0.5) is 5.69 Å². The van der Waals surface area contributed by atoms with Crippen molar-refractivity contribution in [1.82, 2.24) is 0 Å². The largest absolute Gasteiger partial charge is 0.506 e. The highest BCUT2D eigenvalue weighted by Crippen LogP contribution is 2.44. The monoisotopic (exact) mass is 341 g/mol. The number of carbonyl (C=O) groups is 2. The van der Waals surface area contributed by atoms with Gasteiger partial charge in [0.25, 0.3) is 5.91 Å². The van der Waals surface area contributed by atoms with Crippen LogP contribution in [0, 0.1) is 13.8 Å². The first-order valence-electron chi connectivity index (χ1n) is 8.01. The molecule has 0 spiro atoms. The second-order valence-electron chi connectivity index (χ2n) is 6.06. The van der Waals surface area contributed by atoms with Gasteiger partial charge in [0.2, 0.25) is 0 Å². The van der Waals surface area contributed by atoms with Gasteiger partial charge in [0.05, 0.1) is 11.3 Å². The molecule has 130 valence electrons. The number of phenols is 1. The molecule has 6 heteroatoms. The smallest absolute Gasteiger partial charge is 0.294 e. The topological polar surface area (TPSA) is 91.0 Å². The molecule has 0 radical (unpaired) electrons. The number of aliphatic hydroxyl groups excluding tert-OH is 1. The number of carbonyl (C=O) groups excluding carboxylic acids is 2. The highest BCUT2D eigenvalue weighted by Gasteiger charge is 2.46. The second kappa shape index (κ2) is 6.12. The van der Waals surface area contributed by atoms with E-state index in [1.807, 2.05) is 6.92 Å². The minimum absolute atomic E-state index is 0.0113. The van der Waals surface area contributed by atoms with Gasteiger partial charge in [-0.3, -0.25) is 14.5 Å². The van der Waals surface area contributed by atoms with Crippen LogP contribution in [0.3, 0.4) is 0 Å². The third-order valence-corrected chi connectivity index (χ3v) is 4.25. The summed E-state index contributed by atoms with van der Waals surface area (Å²) in [5, 5.41) is 20.6. The van der Waals surface area contributed by atoms with E-state index < -0.39 is 17.7 Å². The number of aliphatic hydroxyl groups is 1. The van der Waals surface area contributed by atoms with Crippen molar-refractivity contribution < 1.29 is 24.2 Å². The van der Waals surface area contributed by atoms with Crippen molar-refractivity contribution in [2.75, 3.05) is 4.90 Å². The van der Waals surface area contributed by atoms with E-state index in [1.54, 1.807) is 38.1 Å². The maximum absolute atomic E-state index is 12.7. The molecule has 25 heavy (non-hydrogen) atoms. The van der Waals surface area contributed by atoms with Crippen molar-refractivity contribution in [2.45, 2.75) is 33.2 Å². The number of benzene rings is 1. The van der Waals surface area contributed by atoms with E-state index in [-0.39, 0.29) is 29.2 Å². The highest BCUT2D eigenvalue weighted by molar-refractivity contribution is 6.16. The number of aryl methyl sites for hydroxylation is 2. The molecular weight excluding hydrogens is 322 g/mol. The third-order valence-electron chi connectivity index (χ3n) is 4.25. The summed E-state index contributed by atoms with van der Waals surface area (Å²) < 4.78 is 5.64. The Labute approximate surface area is 145 Å². The Bertz CT molecular complexity index is 893. The molecule has 1 amide bonds. The number of amides is 1. The molecular formula is C19H19NO5. The minimum atomic E-state index is -0.915. The summed E-state index contributed by atoms with van der Waals surface area (Å²) in [6, 6.07) is 7.27. The molecule has 3 rings (SSSR count). The number of nitrogens with zero attached hydrogens (tertiary/aromatic N) is 1.